The predicted molar refractivity (Wildman–Crippen MR) is 129 cm³/mol. The first-order chi connectivity index (χ1) is 16.3. The molecule has 3 N–H and O–H groups in total. The number of nitrogens with one attached hydrogen (secondary N) is 2. The molecule has 3 aromatic rings. The number of carboxylic acid groups (broad SMARTS) is 1. The fourth-order valence-electron chi connectivity index (χ4n) is 4.31. The van der Waals surface area contributed by atoms with Crippen molar-refractivity contribution in [3.8, 4) is 11.1 Å². The van der Waals surface area contributed by atoms with E-state index in [0.717, 1.165) is 22.3 Å². The van der Waals surface area contributed by atoms with Crippen molar-refractivity contribution < 1.29 is 24.2 Å². The van der Waals surface area contributed by atoms with Crippen LogP contribution in [0.4, 0.5) is 10.5 Å². The van der Waals surface area contributed by atoms with Gasteiger partial charge in [-0.15, -0.1) is 0 Å². The van der Waals surface area contributed by atoms with Gasteiger partial charge in [-0.05, 0) is 59.9 Å². The second kappa shape index (κ2) is 9.79. The largest absolute Gasteiger partial charge is 0.481 e. The highest BCUT2D eigenvalue weighted by Crippen LogP contribution is 2.44. The molecule has 1 aliphatic rings. The van der Waals surface area contributed by atoms with Crippen molar-refractivity contribution in [2.24, 2.45) is 0 Å². The summed E-state index contributed by atoms with van der Waals surface area (Å²) in [5.41, 5.74) is 6.21. The van der Waals surface area contributed by atoms with Crippen molar-refractivity contribution in [3.63, 3.8) is 0 Å². The molecule has 1 atom stereocenters. The molecular weight excluding hydrogens is 432 g/mol. The second-order valence-corrected chi connectivity index (χ2v) is 8.45. The van der Waals surface area contributed by atoms with Crippen LogP contribution in [0.1, 0.15) is 46.3 Å². The molecule has 0 spiro atoms. The maximum atomic E-state index is 12.5. The van der Waals surface area contributed by atoms with Crippen molar-refractivity contribution in [3.05, 3.63) is 89.0 Å². The van der Waals surface area contributed by atoms with Gasteiger partial charge in [0, 0.05) is 23.2 Å². The number of aryl methyl sites for hydroxylation is 1. The van der Waals surface area contributed by atoms with Gasteiger partial charge in [-0.25, -0.2) is 4.79 Å². The molecule has 4 rings (SSSR count). The molecule has 0 saturated carbocycles. The zero-order chi connectivity index (χ0) is 24.2. The van der Waals surface area contributed by atoms with Gasteiger partial charge < -0.3 is 15.2 Å². The van der Waals surface area contributed by atoms with Crippen LogP contribution >= 0.6 is 0 Å². The van der Waals surface area contributed by atoms with E-state index in [1.54, 1.807) is 32.0 Å². The third-order valence-corrected chi connectivity index (χ3v) is 5.93. The van der Waals surface area contributed by atoms with E-state index in [2.05, 4.69) is 34.9 Å². The average molecular weight is 459 g/mol. The number of fused-ring (bicyclic) bond motifs is 3. The van der Waals surface area contributed by atoms with Crippen molar-refractivity contribution >= 4 is 23.7 Å². The molecule has 0 fully saturated rings. The molecule has 2 amide bonds. The predicted octanol–water partition coefficient (Wildman–Crippen LogP) is 4.95. The number of rotatable bonds is 7. The summed E-state index contributed by atoms with van der Waals surface area (Å²) in [5, 5.41) is 14.2. The Balaban J connectivity index is 1.38. The van der Waals surface area contributed by atoms with Gasteiger partial charge in [-0.1, -0.05) is 48.5 Å². The molecule has 7 nitrogen and oxygen atoms in total. The number of benzene rings is 3. The van der Waals surface area contributed by atoms with Gasteiger partial charge in [0.05, 0.1) is 6.42 Å². The monoisotopic (exact) mass is 458 g/mol. The van der Waals surface area contributed by atoms with Crippen molar-refractivity contribution in [2.45, 2.75) is 32.2 Å². The molecule has 34 heavy (non-hydrogen) atoms. The molecule has 0 unspecified atom stereocenters. The zero-order valence-electron chi connectivity index (χ0n) is 19.0. The molecule has 0 aromatic heterocycles. The van der Waals surface area contributed by atoms with E-state index in [0.29, 0.717) is 16.8 Å². The number of aliphatic carboxylic acids is 1. The standard InChI is InChI=1S/C27H26N2O5/c1-16-13-18(26(32)28-17(2)14-25(30)31)11-12-24(16)29-27(33)34-15-23-21-9-5-3-7-19(21)20-8-4-6-10-22(20)23/h3-13,17,23H,14-15H2,1-2H3,(H,28,32)(H,29,33)(H,30,31)/t17-/m1/s1. The Hall–Kier alpha value is -4.13. The fourth-order valence-corrected chi connectivity index (χ4v) is 4.31. The van der Waals surface area contributed by atoms with E-state index < -0.39 is 18.1 Å². The van der Waals surface area contributed by atoms with Gasteiger partial charge in [-0.2, -0.15) is 0 Å². The summed E-state index contributed by atoms with van der Waals surface area (Å²) in [6.45, 7) is 3.61. The van der Waals surface area contributed by atoms with Crippen molar-refractivity contribution in [1.29, 1.82) is 0 Å². The molecule has 0 bridgehead atoms. The summed E-state index contributed by atoms with van der Waals surface area (Å²) < 4.78 is 5.58. The minimum Gasteiger partial charge on any atom is -0.481 e. The number of carboxylic acids is 1. The lowest BCUT2D eigenvalue weighted by Gasteiger charge is -2.16. The van der Waals surface area contributed by atoms with Crippen LogP contribution in [0.5, 0.6) is 0 Å². The number of carbonyl (C=O) groups excluding carboxylic acids is 2. The van der Waals surface area contributed by atoms with Crippen LogP contribution in [0, 0.1) is 6.92 Å². The first kappa shape index (κ1) is 23.0. The van der Waals surface area contributed by atoms with Crippen LogP contribution in [0.15, 0.2) is 66.7 Å². The van der Waals surface area contributed by atoms with E-state index >= 15 is 0 Å². The lowest BCUT2D eigenvalue weighted by Crippen LogP contribution is -2.34. The minimum atomic E-state index is -0.980. The normalized spacial score (nSPS) is 12.9. The van der Waals surface area contributed by atoms with Crippen molar-refractivity contribution in [1.82, 2.24) is 5.32 Å². The number of amides is 2. The number of ether oxygens (including phenoxy) is 1. The van der Waals surface area contributed by atoms with Gasteiger partial charge in [-0.3, -0.25) is 14.9 Å². The van der Waals surface area contributed by atoms with Gasteiger partial charge in [0.1, 0.15) is 6.61 Å². The molecule has 1 aliphatic carbocycles. The van der Waals surface area contributed by atoms with Gasteiger partial charge >= 0.3 is 12.1 Å². The van der Waals surface area contributed by atoms with Crippen LogP contribution in [0.2, 0.25) is 0 Å². The Morgan fingerprint density at radius 1 is 0.971 bits per heavy atom. The van der Waals surface area contributed by atoms with Gasteiger partial charge in [0.15, 0.2) is 0 Å². The summed E-state index contributed by atoms with van der Waals surface area (Å²) in [6.07, 6.45) is -0.733. The minimum absolute atomic E-state index is 0.0295. The second-order valence-electron chi connectivity index (χ2n) is 8.45. The highest BCUT2D eigenvalue weighted by atomic mass is 16.5. The number of hydrogen-bond donors (Lipinski definition) is 3. The van der Waals surface area contributed by atoms with E-state index in [-0.39, 0.29) is 24.9 Å². The summed E-state index contributed by atoms with van der Waals surface area (Å²) in [4.78, 5) is 35.7. The molecule has 7 heteroatoms. The maximum Gasteiger partial charge on any atom is 0.411 e. The third-order valence-electron chi connectivity index (χ3n) is 5.93. The highest BCUT2D eigenvalue weighted by Gasteiger charge is 2.29. The summed E-state index contributed by atoms with van der Waals surface area (Å²) in [7, 11) is 0. The van der Waals surface area contributed by atoms with E-state index in [1.165, 1.54) is 0 Å². The first-order valence-corrected chi connectivity index (χ1v) is 11.1. The Bertz CT molecular complexity index is 1210. The topological polar surface area (TPSA) is 105 Å². The van der Waals surface area contributed by atoms with E-state index in [1.807, 2.05) is 24.3 Å². The van der Waals surface area contributed by atoms with Crippen LogP contribution < -0.4 is 10.6 Å². The molecule has 0 aliphatic heterocycles. The maximum absolute atomic E-state index is 12.5. The molecule has 174 valence electrons. The van der Waals surface area contributed by atoms with Crippen LogP contribution in [0.3, 0.4) is 0 Å². The van der Waals surface area contributed by atoms with Gasteiger partial charge in [0.25, 0.3) is 5.91 Å². The number of hydrogen-bond acceptors (Lipinski definition) is 4. The molecular formula is C27H26N2O5. The van der Waals surface area contributed by atoms with E-state index in [9.17, 15) is 14.4 Å². The zero-order valence-corrected chi connectivity index (χ0v) is 19.0. The van der Waals surface area contributed by atoms with Crippen LogP contribution in [-0.4, -0.2) is 35.7 Å². The lowest BCUT2D eigenvalue weighted by atomic mass is 9.98. The summed E-state index contributed by atoms with van der Waals surface area (Å²) >= 11 is 0. The lowest BCUT2D eigenvalue weighted by molar-refractivity contribution is -0.137. The van der Waals surface area contributed by atoms with E-state index in [4.69, 9.17) is 9.84 Å². The molecule has 0 radical (unpaired) electrons. The van der Waals surface area contributed by atoms with Crippen LogP contribution in [0.25, 0.3) is 11.1 Å². The Labute approximate surface area is 197 Å². The fraction of sp³-hybridized carbons (Fsp3) is 0.222. The smallest absolute Gasteiger partial charge is 0.411 e. The van der Waals surface area contributed by atoms with Crippen molar-refractivity contribution in [2.75, 3.05) is 11.9 Å². The SMILES string of the molecule is Cc1cc(C(=O)N[C@H](C)CC(=O)O)ccc1NC(=O)OCC1c2ccccc2-c2ccccc21. The quantitative estimate of drug-likeness (QED) is 0.465. The first-order valence-electron chi connectivity index (χ1n) is 11.1. The Kier molecular flexibility index (Phi) is 6.63. The molecule has 0 heterocycles. The highest BCUT2D eigenvalue weighted by molar-refractivity contribution is 5.96. The molecule has 0 saturated heterocycles. The van der Waals surface area contributed by atoms with Crippen LogP contribution in [-0.2, 0) is 9.53 Å². The van der Waals surface area contributed by atoms with Gasteiger partial charge in [0.2, 0.25) is 0 Å². The Morgan fingerprint density at radius 3 is 2.18 bits per heavy atom. The summed E-state index contributed by atoms with van der Waals surface area (Å²) in [5.74, 6) is -1.38. The molecule has 3 aromatic carbocycles. The Morgan fingerprint density at radius 2 is 1.59 bits per heavy atom. The number of carbonyl (C=O) groups is 3. The average Bonchev–Trinajstić information content (AvgIpc) is 3.12. The summed E-state index contributed by atoms with van der Waals surface area (Å²) in [6, 6.07) is 20.6. The number of anilines is 1. The third kappa shape index (κ3) is 4.93.